The second kappa shape index (κ2) is 11.4. The summed E-state index contributed by atoms with van der Waals surface area (Å²) in [5.41, 5.74) is 2.17. The summed E-state index contributed by atoms with van der Waals surface area (Å²) in [6.45, 7) is 11.1. The smallest absolute Gasteiger partial charge is 0.274 e. The van der Waals surface area contributed by atoms with Crippen molar-refractivity contribution in [3.63, 3.8) is 0 Å². The van der Waals surface area contributed by atoms with Crippen LogP contribution in [0, 0.1) is 17.8 Å². The molecule has 0 bridgehead atoms. The molecule has 0 saturated carbocycles. The number of aryl methyl sites for hydroxylation is 1. The fourth-order valence-electron chi connectivity index (χ4n) is 3.96. The summed E-state index contributed by atoms with van der Waals surface area (Å²) < 4.78 is 1.49. The van der Waals surface area contributed by atoms with Gasteiger partial charge in [-0.15, -0.1) is 0 Å². The molecule has 1 saturated heterocycles. The molecular weight excluding hydrogens is 414 g/mol. The molecule has 1 aliphatic rings. The largest absolute Gasteiger partial charge is 0.317 e. The summed E-state index contributed by atoms with van der Waals surface area (Å²) in [6, 6.07) is 5.19. The molecule has 1 fully saturated rings. The molecule has 0 spiro atoms. The standard InChI is InChI=1S/C26H31N5O2/c1-5-15-31-16-14-19(17-31)10-8-13-24(32)25-23(18-30(4)29-25)28-26(33)22-12-9-11-21(27-22)20(6-2)7-3/h6-7,9,11-12,18-19H,2,5,10,14-17H2,1,3-4H3,(H,28,33)/b20-7+. The van der Waals surface area contributed by atoms with Gasteiger partial charge in [-0.3, -0.25) is 14.3 Å². The Morgan fingerprint density at radius 3 is 2.85 bits per heavy atom. The van der Waals surface area contributed by atoms with Crippen molar-refractivity contribution >= 4 is 23.0 Å². The number of carbonyl (C=O) groups excluding carboxylic acids is 2. The summed E-state index contributed by atoms with van der Waals surface area (Å²) in [4.78, 5) is 32.4. The predicted octanol–water partition coefficient (Wildman–Crippen LogP) is 3.96. The SMILES string of the molecule is C=C/C(=C\C)c1cccc(C(=O)Nc2cn(C)nc2C(=O)C#CCC2CCN(CCC)C2)n1. The first-order valence-electron chi connectivity index (χ1n) is 11.3. The van der Waals surface area contributed by atoms with Crippen molar-refractivity contribution in [1.82, 2.24) is 19.7 Å². The van der Waals surface area contributed by atoms with Crippen molar-refractivity contribution in [1.29, 1.82) is 0 Å². The van der Waals surface area contributed by atoms with Crippen LogP contribution in [0.3, 0.4) is 0 Å². The average Bonchev–Trinajstić information content (AvgIpc) is 3.41. The normalized spacial score (nSPS) is 16.2. The van der Waals surface area contributed by atoms with Crippen LogP contribution >= 0.6 is 0 Å². The molecule has 1 N–H and O–H groups in total. The first kappa shape index (κ1) is 24.1. The number of allylic oxidation sites excluding steroid dienone is 3. The molecule has 33 heavy (non-hydrogen) atoms. The maximum atomic E-state index is 12.8. The highest BCUT2D eigenvalue weighted by Gasteiger charge is 2.21. The van der Waals surface area contributed by atoms with Gasteiger partial charge in [0.05, 0.1) is 11.4 Å². The van der Waals surface area contributed by atoms with Crippen LogP contribution in [0.1, 0.15) is 59.8 Å². The van der Waals surface area contributed by atoms with Crippen molar-refractivity contribution in [2.45, 2.75) is 33.1 Å². The number of nitrogens with zero attached hydrogens (tertiary/aromatic N) is 4. The van der Waals surface area contributed by atoms with Crippen LogP contribution < -0.4 is 5.32 Å². The lowest BCUT2D eigenvalue weighted by Crippen LogP contribution is -2.21. The second-order valence-electron chi connectivity index (χ2n) is 8.17. The Morgan fingerprint density at radius 1 is 1.33 bits per heavy atom. The van der Waals surface area contributed by atoms with E-state index in [1.807, 2.05) is 19.1 Å². The first-order valence-corrected chi connectivity index (χ1v) is 11.3. The number of rotatable bonds is 8. The van der Waals surface area contributed by atoms with E-state index in [9.17, 15) is 9.59 Å². The zero-order valence-electron chi connectivity index (χ0n) is 19.6. The lowest BCUT2D eigenvalue weighted by Gasteiger charge is -2.13. The summed E-state index contributed by atoms with van der Waals surface area (Å²) >= 11 is 0. The van der Waals surface area contributed by atoms with Gasteiger partial charge in [0, 0.05) is 26.2 Å². The maximum absolute atomic E-state index is 12.8. The lowest BCUT2D eigenvalue weighted by atomic mass is 10.1. The highest BCUT2D eigenvalue weighted by atomic mass is 16.2. The Labute approximate surface area is 195 Å². The molecule has 7 nitrogen and oxygen atoms in total. The van der Waals surface area contributed by atoms with Gasteiger partial charge < -0.3 is 10.2 Å². The van der Waals surface area contributed by atoms with Crippen molar-refractivity contribution in [2.24, 2.45) is 13.0 Å². The minimum Gasteiger partial charge on any atom is -0.317 e. The minimum absolute atomic E-state index is 0.133. The number of pyridine rings is 1. The van der Waals surface area contributed by atoms with E-state index in [-0.39, 0.29) is 11.4 Å². The molecule has 2 aromatic rings. The van der Waals surface area contributed by atoms with Gasteiger partial charge in [-0.25, -0.2) is 4.98 Å². The van der Waals surface area contributed by atoms with E-state index in [4.69, 9.17) is 0 Å². The predicted molar refractivity (Wildman–Crippen MR) is 131 cm³/mol. The van der Waals surface area contributed by atoms with Crippen LogP contribution in [0.15, 0.2) is 43.1 Å². The van der Waals surface area contributed by atoms with Gasteiger partial charge in [0.1, 0.15) is 5.69 Å². The molecule has 1 atom stereocenters. The highest BCUT2D eigenvalue weighted by Crippen LogP contribution is 2.20. The van der Waals surface area contributed by atoms with Crippen molar-refractivity contribution < 1.29 is 9.59 Å². The summed E-state index contributed by atoms with van der Waals surface area (Å²) in [7, 11) is 1.70. The van der Waals surface area contributed by atoms with Gasteiger partial charge in [-0.05, 0) is 62.4 Å². The van der Waals surface area contributed by atoms with Gasteiger partial charge in [0.15, 0.2) is 5.69 Å². The van der Waals surface area contributed by atoms with Gasteiger partial charge in [0.25, 0.3) is 11.7 Å². The number of nitrogens with one attached hydrogen (secondary N) is 1. The number of aromatic nitrogens is 3. The Morgan fingerprint density at radius 2 is 2.12 bits per heavy atom. The molecule has 3 heterocycles. The van der Waals surface area contributed by atoms with Crippen molar-refractivity contribution in [3.05, 3.63) is 60.2 Å². The summed E-state index contributed by atoms with van der Waals surface area (Å²) in [5.74, 6) is 5.41. The topological polar surface area (TPSA) is 80.1 Å². The Hall–Kier alpha value is -3.50. The number of carbonyl (C=O) groups is 2. The fourth-order valence-corrected chi connectivity index (χ4v) is 3.96. The van der Waals surface area contributed by atoms with E-state index in [0.717, 1.165) is 38.0 Å². The number of Topliss-reactive ketones (excluding diaryl/α,β-unsaturated/α-hetero) is 1. The molecule has 0 radical (unpaired) electrons. The third-order valence-electron chi connectivity index (χ3n) is 5.60. The molecular formula is C26H31N5O2. The van der Waals surface area contributed by atoms with Crippen molar-refractivity contribution in [3.8, 4) is 11.8 Å². The molecule has 1 aliphatic heterocycles. The van der Waals surface area contributed by atoms with E-state index in [1.54, 1.807) is 31.5 Å². The van der Waals surface area contributed by atoms with Crippen LogP contribution in [0.25, 0.3) is 5.57 Å². The Bertz CT molecular complexity index is 1120. The van der Waals surface area contributed by atoms with Crippen LogP contribution in [0.5, 0.6) is 0 Å². The van der Waals surface area contributed by atoms with E-state index >= 15 is 0 Å². The number of hydrogen-bond acceptors (Lipinski definition) is 5. The van der Waals surface area contributed by atoms with Crippen LogP contribution in [0.2, 0.25) is 0 Å². The molecule has 3 rings (SSSR count). The van der Waals surface area contributed by atoms with E-state index < -0.39 is 11.7 Å². The van der Waals surface area contributed by atoms with Crippen LogP contribution in [-0.2, 0) is 7.05 Å². The Kier molecular flexibility index (Phi) is 8.34. The number of likely N-dealkylation sites (tertiary alicyclic amines) is 1. The van der Waals surface area contributed by atoms with E-state index in [1.165, 1.54) is 4.68 Å². The third kappa shape index (κ3) is 6.27. The van der Waals surface area contributed by atoms with E-state index in [2.05, 4.69) is 45.6 Å². The van der Waals surface area contributed by atoms with Gasteiger partial charge >= 0.3 is 0 Å². The number of ketones is 1. The lowest BCUT2D eigenvalue weighted by molar-refractivity contribution is 0.102. The van der Waals surface area contributed by atoms with Gasteiger partial charge in [-0.1, -0.05) is 37.6 Å². The average molecular weight is 446 g/mol. The van der Waals surface area contributed by atoms with Gasteiger partial charge in [-0.2, -0.15) is 5.10 Å². The second-order valence-corrected chi connectivity index (χ2v) is 8.17. The molecule has 7 heteroatoms. The molecule has 2 aromatic heterocycles. The number of anilines is 1. The van der Waals surface area contributed by atoms with Crippen LogP contribution in [-0.4, -0.2) is 51.0 Å². The molecule has 1 amide bonds. The maximum Gasteiger partial charge on any atom is 0.274 e. The summed E-state index contributed by atoms with van der Waals surface area (Å²) in [6.07, 6.45) is 8.11. The molecule has 1 unspecified atom stereocenters. The van der Waals surface area contributed by atoms with Crippen molar-refractivity contribution in [2.75, 3.05) is 25.0 Å². The van der Waals surface area contributed by atoms with Crippen LogP contribution in [0.4, 0.5) is 5.69 Å². The van der Waals surface area contributed by atoms with Gasteiger partial charge in [0.2, 0.25) is 0 Å². The quantitative estimate of drug-likeness (QED) is 0.288. The third-order valence-corrected chi connectivity index (χ3v) is 5.60. The monoisotopic (exact) mass is 445 g/mol. The van der Waals surface area contributed by atoms with E-state index in [0.29, 0.717) is 23.7 Å². The zero-order valence-corrected chi connectivity index (χ0v) is 19.6. The zero-order chi connectivity index (χ0) is 23.8. The molecule has 172 valence electrons. The number of amides is 1. The first-order chi connectivity index (χ1) is 15.9. The minimum atomic E-state index is -0.423. The Balaban J connectivity index is 1.68. The summed E-state index contributed by atoms with van der Waals surface area (Å²) in [5, 5.41) is 6.97. The molecule has 0 aliphatic carbocycles. The highest BCUT2D eigenvalue weighted by molar-refractivity contribution is 6.14. The number of hydrogen-bond donors (Lipinski definition) is 1. The fraction of sp³-hybridized carbons (Fsp3) is 0.385. The molecule has 0 aromatic carbocycles.